The van der Waals surface area contributed by atoms with Crippen LogP contribution in [0.1, 0.15) is 0 Å². The van der Waals surface area contributed by atoms with Gasteiger partial charge in [0, 0.05) is 41.5 Å². The smallest absolute Gasteiger partial charge is 0.366 e. The van der Waals surface area contributed by atoms with E-state index in [-0.39, 0.29) is 0 Å². The molecule has 6 saturated heterocycles. The maximum Gasteiger partial charge on any atom is 0.515 e. The molecule has 0 aromatic heterocycles. The maximum absolute atomic E-state index is 8.49. The topological polar surface area (TPSA) is 111 Å². The van der Waals surface area contributed by atoms with Gasteiger partial charge < -0.3 is 49.4 Å². The Hall–Kier alpha value is -7.11. The molecule has 17 rings (SSSR count). The quantitative estimate of drug-likeness (QED) is 0.128. The molecule has 87 heavy (non-hydrogen) atoms. The van der Waals surface area contributed by atoms with Gasteiger partial charge in [-0.15, -0.1) is 0 Å². The van der Waals surface area contributed by atoms with E-state index in [9.17, 15) is 0 Å². The van der Waals surface area contributed by atoms with Crippen molar-refractivity contribution in [2.45, 2.75) is 0 Å². The Labute approximate surface area is 514 Å². The molecule has 0 spiro atoms. The maximum atomic E-state index is 8.49. The van der Waals surface area contributed by atoms with Crippen molar-refractivity contribution in [3.8, 4) is 0 Å². The molecular formula is C66H54O12Si9. The minimum Gasteiger partial charge on any atom is -0.366 e. The van der Waals surface area contributed by atoms with Crippen LogP contribution in [0.5, 0.6) is 0 Å². The van der Waals surface area contributed by atoms with Crippen LogP contribution in [0.3, 0.4) is 0 Å². The molecule has 0 unspecified atom stereocenters. The highest BCUT2D eigenvalue weighted by molar-refractivity contribution is 7.20. The van der Waals surface area contributed by atoms with Crippen molar-refractivity contribution in [3.63, 3.8) is 0 Å². The summed E-state index contributed by atoms with van der Waals surface area (Å²) in [6, 6.07) is 109. The van der Waals surface area contributed by atoms with Crippen LogP contribution in [0.15, 0.2) is 328 Å². The average molecular weight is 1290 g/mol. The fraction of sp³-hybridized carbons (Fsp3) is 0. The largest absolute Gasteiger partial charge is 0.515 e. The third kappa shape index (κ3) is 9.06. The van der Waals surface area contributed by atoms with Gasteiger partial charge in [0.25, 0.3) is 0 Å². The fourth-order valence-electron chi connectivity index (χ4n) is 12.5. The van der Waals surface area contributed by atoms with Crippen molar-refractivity contribution < 1.29 is 49.4 Å². The molecule has 0 amide bonds. The molecule has 6 fully saturated rings. The predicted molar refractivity (Wildman–Crippen MR) is 351 cm³/mol. The second-order valence-corrected chi connectivity index (χ2v) is 48.8. The van der Waals surface area contributed by atoms with Crippen LogP contribution in [-0.2, 0) is 49.4 Å². The van der Waals surface area contributed by atoms with Crippen molar-refractivity contribution in [1.29, 1.82) is 0 Å². The summed E-state index contributed by atoms with van der Waals surface area (Å²) >= 11 is 0. The SMILES string of the molecule is c1ccc([Si]23O[Si]4(c5ccccc5)O[Si]5(c6ccccc6)O[Si](c6ccccc6)(O2)O[Si]2(c6ccccc6)O[Si](c6ccccc6)(O3)O[Si](c3ccccc3)(O4)O[Si](c3ccc([Si](c4ccccc4)(c4ccccc4)c4ccccc4)cc3)(O5)O2)cc1. The first-order chi connectivity index (χ1) is 42.7. The molecule has 11 aromatic rings. The van der Waals surface area contributed by atoms with Crippen molar-refractivity contribution in [1.82, 2.24) is 0 Å². The van der Waals surface area contributed by atoms with Gasteiger partial charge in [-0.1, -0.05) is 328 Å². The second-order valence-electron chi connectivity index (χ2n) is 21.7. The molecule has 0 radical (unpaired) electrons. The standard InChI is InChI=1S/C66H54O12Si9/c1-11-31-55(32-12-1)79(56-33-13-2-14-34-56,57-35-15-3-16-36-57)58-51-53-66(54-52-58)87-76-84(63-45-25-8-26-46-63)70-81(60-39-19-5-20-40-60)67-80(59-37-17-4-18-38-59)68-82(72-84,61-41-21-6-22-42-61)74-86(78-87,65-49-29-10-30-50-65)75-83(69-80,62-43-23-7-24-44-62)73-85(71-81,77-87)64-47-27-9-28-48-64/h1-54H. The Balaban J connectivity index is 1.06. The lowest BCUT2D eigenvalue weighted by Gasteiger charge is -2.62. The molecule has 8 bridgehead atoms. The fourth-order valence-corrected chi connectivity index (χ4v) is 63.3. The lowest BCUT2D eigenvalue weighted by atomic mass is 10.3. The number of benzene rings is 11. The second kappa shape index (κ2) is 21.6. The molecule has 12 nitrogen and oxygen atoms in total. The van der Waals surface area contributed by atoms with Gasteiger partial charge in [0.1, 0.15) is 0 Å². The van der Waals surface area contributed by atoms with Crippen molar-refractivity contribution in [2.75, 3.05) is 0 Å². The highest BCUT2D eigenvalue weighted by Gasteiger charge is 2.86. The van der Waals surface area contributed by atoms with Gasteiger partial charge in [0.15, 0.2) is 8.07 Å². The summed E-state index contributed by atoms with van der Waals surface area (Å²) in [5.74, 6) is 0. The Morgan fingerprint density at radius 2 is 0.264 bits per heavy atom. The van der Waals surface area contributed by atoms with Gasteiger partial charge in [-0.25, -0.2) is 0 Å². The zero-order chi connectivity index (χ0) is 58.1. The Kier molecular flexibility index (Phi) is 13.7. The van der Waals surface area contributed by atoms with Gasteiger partial charge in [0.2, 0.25) is 0 Å². The van der Waals surface area contributed by atoms with Crippen LogP contribution in [0, 0.1) is 0 Å². The van der Waals surface area contributed by atoms with E-state index in [1.54, 1.807) is 0 Å². The third-order valence-electron chi connectivity index (χ3n) is 16.4. The number of hydrogen-bond donors (Lipinski definition) is 0. The van der Waals surface area contributed by atoms with Crippen molar-refractivity contribution in [3.05, 3.63) is 328 Å². The first-order valence-electron chi connectivity index (χ1n) is 28.8. The first kappa shape index (κ1) is 55.2. The third-order valence-corrected chi connectivity index (χ3v) is 55.3. The van der Waals surface area contributed by atoms with Crippen LogP contribution in [-0.4, -0.2) is 78.5 Å². The van der Waals surface area contributed by atoms with E-state index >= 15 is 0 Å². The van der Waals surface area contributed by atoms with E-state index in [4.69, 9.17) is 49.4 Å². The van der Waals surface area contributed by atoms with Crippen molar-refractivity contribution >= 4 is 141 Å². The van der Waals surface area contributed by atoms with E-state index in [2.05, 4.69) is 115 Å². The molecule has 0 saturated carbocycles. The highest BCUT2D eigenvalue weighted by atomic mass is 28.6. The summed E-state index contributed by atoms with van der Waals surface area (Å²) in [7, 11) is -42.4. The Morgan fingerprint density at radius 3 is 0.425 bits per heavy atom. The number of hydrogen-bond acceptors (Lipinski definition) is 12. The molecule has 6 aliphatic rings. The van der Waals surface area contributed by atoms with E-state index in [0.717, 1.165) is 5.19 Å². The lowest BCUT2D eigenvalue weighted by Crippen LogP contribution is -2.96. The van der Waals surface area contributed by atoms with Gasteiger partial charge >= 0.3 is 70.4 Å². The molecule has 0 N–H and O–H groups in total. The lowest BCUT2D eigenvalue weighted by molar-refractivity contribution is -0.00297. The normalized spacial score (nSPS) is 29.0. The minimum atomic E-state index is -5.04. The van der Waals surface area contributed by atoms with E-state index in [0.29, 0.717) is 41.5 Å². The molecule has 426 valence electrons. The van der Waals surface area contributed by atoms with Crippen LogP contribution in [0.4, 0.5) is 0 Å². The molecular weight excluding hydrogens is 1240 g/mol. The Morgan fingerprint density at radius 1 is 0.138 bits per heavy atom. The molecule has 0 aliphatic carbocycles. The summed E-state index contributed by atoms with van der Waals surface area (Å²) in [5, 5.41) is 9.15. The summed E-state index contributed by atoms with van der Waals surface area (Å²) in [5.41, 5.74) is 0. The summed E-state index contributed by atoms with van der Waals surface area (Å²) in [6.45, 7) is 0. The summed E-state index contributed by atoms with van der Waals surface area (Å²) < 4.78 is 101. The summed E-state index contributed by atoms with van der Waals surface area (Å²) in [6.07, 6.45) is 0. The number of rotatable bonds is 12. The predicted octanol–water partition coefficient (Wildman–Crippen LogP) is 4.40. The zero-order valence-electron chi connectivity index (χ0n) is 46.6. The molecule has 6 aliphatic heterocycles. The van der Waals surface area contributed by atoms with Crippen LogP contribution in [0.25, 0.3) is 0 Å². The van der Waals surface area contributed by atoms with Gasteiger partial charge in [0.05, 0.1) is 0 Å². The van der Waals surface area contributed by atoms with E-state index in [1.165, 1.54) is 15.6 Å². The van der Waals surface area contributed by atoms with E-state index < -0.39 is 78.5 Å². The van der Waals surface area contributed by atoms with Gasteiger partial charge in [-0.2, -0.15) is 0 Å². The summed E-state index contributed by atoms with van der Waals surface area (Å²) in [4.78, 5) is 0. The molecule has 0 atom stereocenters. The van der Waals surface area contributed by atoms with Gasteiger partial charge in [-0.05, 0) is 20.7 Å². The average Bonchev–Trinajstić information content (AvgIpc) is 0.681. The first-order valence-corrected chi connectivity index (χ1v) is 44.6. The minimum absolute atomic E-state index is 0.546. The van der Waals surface area contributed by atoms with Crippen molar-refractivity contribution in [2.24, 2.45) is 0 Å². The molecule has 21 heteroatoms. The highest BCUT2D eigenvalue weighted by Crippen LogP contribution is 2.48. The molecule has 6 heterocycles. The molecule has 11 aromatic carbocycles. The monoisotopic (exact) mass is 1290 g/mol. The van der Waals surface area contributed by atoms with Crippen LogP contribution in [0.2, 0.25) is 0 Å². The van der Waals surface area contributed by atoms with E-state index in [1.807, 2.05) is 212 Å². The Bertz CT molecular complexity index is 3830. The van der Waals surface area contributed by atoms with Crippen LogP contribution < -0.4 is 62.2 Å². The zero-order valence-corrected chi connectivity index (χ0v) is 55.6. The van der Waals surface area contributed by atoms with Gasteiger partial charge in [-0.3, -0.25) is 0 Å². The van der Waals surface area contributed by atoms with Crippen LogP contribution >= 0.6 is 0 Å².